The second kappa shape index (κ2) is 11.0. The molecular weight excluding hydrogens is 440 g/mol. The zero-order chi connectivity index (χ0) is 23.1. The molecule has 10 heteroatoms. The van der Waals surface area contributed by atoms with Crippen LogP contribution in [0.1, 0.15) is 23.6 Å². The molecule has 0 bridgehead atoms. The van der Waals surface area contributed by atoms with Crippen LogP contribution in [0, 0.1) is 0 Å². The normalized spacial score (nSPS) is 15.1. The average molecular weight is 471 g/mol. The van der Waals surface area contributed by atoms with Crippen LogP contribution in [-0.2, 0) is 27.7 Å². The minimum Gasteiger partial charge on any atom is -0.379 e. The summed E-state index contributed by atoms with van der Waals surface area (Å²) in [6.45, 7) is 6.06. The van der Waals surface area contributed by atoms with Gasteiger partial charge in [-0.05, 0) is 49.3 Å². The Morgan fingerprint density at radius 2 is 1.76 bits per heavy atom. The van der Waals surface area contributed by atoms with Crippen molar-refractivity contribution in [2.24, 2.45) is 5.14 Å². The van der Waals surface area contributed by atoms with Crippen molar-refractivity contribution in [3.05, 3.63) is 71.8 Å². The second-order valence-electron chi connectivity index (χ2n) is 8.04. The summed E-state index contributed by atoms with van der Waals surface area (Å²) in [6, 6.07) is 16.4. The third-order valence-corrected chi connectivity index (χ3v) is 6.48. The van der Waals surface area contributed by atoms with E-state index < -0.39 is 10.0 Å². The molecule has 9 nitrogen and oxygen atoms in total. The van der Waals surface area contributed by atoms with Crippen LogP contribution < -0.4 is 10.5 Å². The van der Waals surface area contributed by atoms with Crippen LogP contribution in [0.15, 0.2) is 59.5 Å². The number of nitrogens with zero attached hydrogens (tertiary/aromatic N) is 4. The number of aromatic nitrogens is 3. The van der Waals surface area contributed by atoms with Gasteiger partial charge in [-0.15, -0.1) is 0 Å². The molecule has 0 atom stereocenters. The number of rotatable bonds is 10. The van der Waals surface area contributed by atoms with Crippen molar-refractivity contribution in [1.82, 2.24) is 25.0 Å². The van der Waals surface area contributed by atoms with Gasteiger partial charge < -0.3 is 10.1 Å². The Morgan fingerprint density at radius 3 is 2.45 bits per heavy atom. The van der Waals surface area contributed by atoms with Gasteiger partial charge in [0.25, 0.3) is 0 Å². The van der Waals surface area contributed by atoms with Crippen LogP contribution in [0.2, 0.25) is 0 Å². The molecule has 176 valence electrons. The van der Waals surface area contributed by atoms with Crippen molar-refractivity contribution in [3.8, 4) is 5.69 Å². The Balaban J connectivity index is 1.45. The van der Waals surface area contributed by atoms with Crippen molar-refractivity contribution in [1.29, 1.82) is 0 Å². The molecule has 33 heavy (non-hydrogen) atoms. The van der Waals surface area contributed by atoms with Crippen LogP contribution >= 0.6 is 0 Å². The maximum Gasteiger partial charge on any atom is 0.238 e. The topological polar surface area (TPSA) is 115 Å². The number of nitrogens with two attached hydrogens (primary N) is 1. The maximum atomic E-state index is 11.6. The van der Waals surface area contributed by atoms with Crippen molar-refractivity contribution < 1.29 is 13.2 Å². The third kappa shape index (κ3) is 6.68. The number of nitrogens with one attached hydrogen (secondary N) is 1. The molecule has 3 N–H and O–H groups in total. The van der Waals surface area contributed by atoms with E-state index in [0.717, 1.165) is 62.9 Å². The Labute approximate surface area is 194 Å². The molecule has 2 heterocycles. The maximum absolute atomic E-state index is 11.6. The summed E-state index contributed by atoms with van der Waals surface area (Å²) in [5.74, 6) is 1.48. The molecule has 1 fully saturated rings. The Morgan fingerprint density at radius 1 is 1.03 bits per heavy atom. The predicted octanol–water partition coefficient (Wildman–Crippen LogP) is 1.32. The van der Waals surface area contributed by atoms with E-state index in [1.165, 1.54) is 12.1 Å². The van der Waals surface area contributed by atoms with Gasteiger partial charge in [0.2, 0.25) is 10.0 Å². The van der Waals surface area contributed by atoms with Gasteiger partial charge in [-0.25, -0.2) is 23.2 Å². The summed E-state index contributed by atoms with van der Waals surface area (Å²) >= 11 is 0. The van der Waals surface area contributed by atoms with Gasteiger partial charge in [-0.1, -0.05) is 30.3 Å². The number of sulfonamides is 1. The van der Waals surface area contributed by atoms with Gasteiger partial charge in [0.05, 0.1) is 30.3 Å². The molecule has 1 aromatic heterocycles. The lowest BCUT2D eigenvalue weighted by atomic mass is 10.1. The van der Waals surface area contributed by atoms with Crippen molar-refractivity contribution in [2.75, 3.05) is 39.4 Å². The highest BCUT2D eigenvalue weighted by Gasteiger charge is 2.14. The largest absolute Gasteiger partial charge is 0.379 e. The quantitative estimate of drug-likeness (QED) is 0.429. The van der Waals surface area contributed by atoms with E-state index in [1.807, 2.05) is 30.3 Å². The highest BCUT2D eigenvalue weighted by Crippen LogP contribution is 2.15. The van der Waals surface area contributed by atoms with Gasteiger partial charge in [0, 0.05) is 19.5 Å². The SMILES string of the molecule is NS(=O)(=O)c1ccc(-n2nc(Cc3ccccc3)nc2CNCCCN2CCOCC2)cc1. The van der Waals surface area contributed by atoms with Crippen molar-refractivity contribution in [3.63, 3.8) is 0 Å². The van der Waals surface area contributed by atoms with E-state index in [0.29, 0.717) is 18.8 Å². The Kier molecular flexibility index (Phi) is 7.84. The fourth-order valence-electron chi connectivity index (χ4n) is 3.80. The molecule has 2 aromatic carbocycles. The Bertz CT molecular complexity index is 1130. The van der Waals surface area contributed by atoms with Gasteiger partial charge in [-0.3, -0.25) is 4.90 Å². The second-order valence-corrected chi connectivity index (χ2v) is 9.60. The smallest absolute Gasteiger partial charge is 0.238 e. The fourth-order valence-corrected chi connectivity index (χ4v) is 4.31. The molecule has 0 amide bonds. The molecule has 0 unspecified atom stereocenters. The van der Waals surface area contributed by atoms with E-state index in [1.54, 1.807) is 16.8 Å². The molecule has 1 aliphatic heterocycles. The lowest BCUT2D eigenvalue weighted by molar-refractivity contribution is 0.0374. The molecule has 4 rings (SSSR count). The lowest BCUT2D eigenvalue weighted by Gasteiger charge is -2.26. The van der Waals surface area contributed by atoms with Crippen LogP contribution in [0.3, 0.4) is 0 Å². The molecule has 0 radical (unpaired) electrons. The number of ether oxygens (including phenoxy) is 1. The number of primary sulfonamides is 1. The van der Waals surface area contributed by atoms with Gasteiger partial charge in [-0.2, -0.15) is 5.10 Å². The first kappa shape index (κ1) is 23.5. The molecule has 1 saturated heterocycles. The van der Waals surface area contributed by atoms with Crippen LogP contribution in [0.25, 0.3) is 5.69 Å². The van der Waals surface area contributed by atoms with Crippen LogP contribution in [-0.4, -0.2) is 67.5 Å². The number of benzene rings is 2. The monoisotopic (exact) mass is 470 g/mol. The molecule has 0 aliphatic carbocycles. The van der Waals surface area contributed by atoms with Crippen molar-refractivity contribution >= 4 is 10.0 Å². The van der Waals surface area contributed by atoms with E-state index in [2.05, 4.69) is 10.2 Å². The lowest BCUT2D eigenvalue weighted by Crippen LogP contribution is -2.37. The zero-order valence-corrected chi connectivity index (χ0v) is 19.4. The van der Waals surface area contributed by atoms with Gasteiger partial charge >= 0.3 is 0 Å². The van der Waals surface area contributed by atoms with Gasteiger partial charge in [0.1, 0.15) is 5.82 Å². The Hall–Kier alpha value is -2.63. The molecular formula is C23H30N6O3S. The first-order valence-corrected chi connectivity index (χ1v) is 12.7. The third-order valence-electron chi connectivity index (χ3n) is 5.55. The van der Waals surface area contributed by atoms with Crippen LogP contribution in [0.4, 0.5) is 0 Å². The van der Waals surface area contributed by atoms with E-state index in [9.17, 15) is 8.42 Å². The summed E-state index contributed by atoms with van der Waals surface area (Å²) in [5.41, 5.74) is 1.86. The van der Waals surface area contributed by atoms with E-state index >= 15 is 0 Å². The average Bonchev–Trinajstić information content (AvgIpc) is 3.22. The molecule has 3 aromatic rings. The summed E-state index contributed by atoms with van der Waals surface area (Å²) in [7, 11) is -3.75. The summed E-state index contributed by atoms with van der Waals surface area (Å²) in [5, 5.41) is 13.4. The molecule has 1 aliphatic rings. The minimum absolute atomic E-state index is 0.0682. The van der Waals surface area contributed by atoms with Crippen molar-refractivity contribution in [2.45, 2.75) is 24.3 Å². The minimum atomic E-state index is -3.75. The van der Waals surface area contributed by atoms with Crippen LogP contribution in [0.5, 0.6) is 0 Å². The highest BCUT2D eigenvalue weighted by molar-refractivity contribution is 7.89. The molecule has 0 spiro atoms. The first-order valence-electron chi connectivity index (χ1n) is 11.1. The number of hydrogen-bond donors (Lipinski definition) is 2. The highest BCUT2D eigenvalue weighted by atomic mass is 32.2. The fraction of sp³-hybridized carbons (Fsp3) is 0.391. The summed E-state index contributed by atoms with van der Waals surface area (Å²) in [4.78, 5) is 7.24. The standard InChI is InChI=1S/C23H30N6O3S/c24-33(30,31)21-9-7-20(8-10-21)29-23(18-25-11-4-12-28-13-15-32-16-14-28)26-22(27-29)17-19-5-2-1-3-6-19/h1-3,5-10,25H,4,11-18H2,(H2,24,30,31). The van der Waals surface area contributed by atoms with E-state index in [4.69, 9.17) is 20.0 Å². The van der Waals surface area contributed by atoms with Gasteiger partial charge in [0.15, 0.2) is 5.82 Å². The zero-order valence-electron chi connectivity index (χ0n) is 18.6. The first-order chi connectivity index (χ1) is 16.0. The predicted molar refractivity (Wildman–Crippen MR) is 126 cm³/mol. The number of hydrogen-bond acceptors (Lipinski definition) is 7. The summed E-state index contributed by atoms with van der Waals surface area (Å²) in [6.07, 6.45) is 1.65. The van der Waals surface area contributed by atoms with E-state index in [-0.39, 0.29) is 4.90 Å². The molecule has 0 saturated carbocycles. The summed E-state index contributed by atoms with van der Waals surface area (Å²) < 4.78 is 30.3. The number of morpholine rings is 1.